The van der Waals surface area contributed by atoms with E-state index in [1.165, 1.54) is 0 Å². The Bertz CT molecular complexity index is 618. The average Bonchev–Trinajstić information content (AvgIpc) is 2.85. The summed E-state index contributed by atoms with van der Waals surface area (Å²) < 4.78 is 30.2. The number of sulfonamides is 1. The van der Waals surface area contributed by atoms with Crippen molar-refractivity contribution in [3.63, 3.8) is 0 Å². The van der Waals surface area contributed by atoms with Crippen molar-refractivity contribution in [1.29, 1.82) is 0 Å². The molecule has 1 heterocycles. The number of rotatable bonds is 5. The number of ether oxygens (including phenoxy) is 1. The molecule has 8 heteroatoms. The second kappa shape index (κ2) is 6.42. The SMILES string of the molecule is CS(=O)(=O)Nc1cccc(NC(=O)[C@@H]2CC[C@H](CN)O2)c1. The minimum atomic E-state index is -3.35. The standard InChI is InChI=1S/C13H19N3O4S/c1-21(18,19)16-10-4-2-3-9(7-10)15-13(17)12-6-5-11(8-14)20-12/h2-4,7,11-12,16H,5-6,8,14H2,1H3,(H,15,17)/t11-,12+/m1/s1. The van der Waals surface area contributed by atoms with E-state index in [1.807, 2.05) is 0 Å². The van der Waals surface area contributed by atoms with Gasteiger partial charge in [0, 0.05) is 12.2 Å². The molecule has 1 aromatic carbocycles. The van der Waals surface area contributed by atoms with Gasteiger partial charge in [-0.05, 0) is 31.0 Å². The first-order valence-electron chi connectivity index (χ1n) is 6.61. The minimum absolute atomic E-state index is 0.0704. The fourth-order valence-electron chi connectivity index (χ4n) is 2.17. The zero-order chi connectivity index (χ0) is 15.5. The summed E-state index contributed by atoms with van der Waals surface area (Å²) in [5, 5.41) is 2.72. The lowest BCUT2D eigenvalue weighted by Gasteiger charge is -2.13. The molecular weight excluding hydrogens is 294 g/mol. The Hall–Kier alpha value is -1.64. The molecule has 0 spiro atoms. The molecule has 1 saturated heterocycles. The summed E-state index contributed by atoms with van der Waals surface area (Å²) in [5.41, 5.74) is 6.40. The van der Waals surface area contributed by atoms with Crippen LogP contribution in [0.1, 0.15) is 12.8 Å². The molecule has 7 nitrogen and oxygen atoms in total. The molecule has 1 aliphatic heterocycles. The van der Waals surface area contributed by atoms with E-state index in [9.17, 15) is 13.2 Å². The van der Waals surface area contributed by atoms with Gasteiger partial charge >= 0.3 is 0 Å². The van der Waals surface area contributed by atoms with Gasteiger partial charge < -0.3 is 15.8 Å². The van der Waals surface area contributed by atoms with Crippen LogP contribution in [0.2, 0.25) is 0 Å². The van der Waals surface area contributed by atoms with Crippen molar-refractivity contribution in [3.8, 4) is 0 Å². The van der Waals surface area contributed by atoms with E-state index in [0.29, 0.717) is 24.3 Å². The molecule has 0 aromatic heterocycles. The van der Waals surface area contributed by atoms with E-state index >= 15 is 0 Å². The highest BCUT2D eigenvalue weighted by molar-refractivity contribution is 7.92. The molecule has 1 aromatic rings. The molecule has 21 heavy (non-hydrogen) atoms. The molecule has 1 aliphatic rings. The largest absolute Gasteiger partial charge is 0.364 e. The Kier molecular flexibility index (Phi) is 4.81. The first kappa shape index (κ1) is 15.7. The number of hydrogen-bond donors (Lipinski definition) is 3. The number of nitrogens with one attached hydrogen (secondary N) is 2. The second-order valence-corrected chi connectivity index (χ2v) is 6.75. The molecule has 1 fully saturated rings. The number of carbonyl (C=O) groups excluding carboxylic acids is 1. The predicted molar refractivity (Wildman–Crippen MR) is 80.5 cm³/mol. The predicted octanol–water partition coefficient (Wildman–Crippen LogP) is 0.503. The summed E-state index contributed by atoms with van der Waals surface area (Å²) in [6.45, 7) is 0.400. The first-order valence-corrected chi connectivity index (χ1v) is 8.51. The van der Waals surface area contributed by atoms with Crippen molar-refractivity contribution in [2.24, 2.45) is 5.73 Å². The fourth-order valence-corrected chi connectivity index (χ4v) is 2.72. The van der Waals surface area contributed by atoms with E-state index in [2.05, 4.69) is 10.0 Å². The fraction of sp³-hybridized carbons (Fsp3) is 0.462. The van der Waals surface area contributed by atoms with E-state index in [1.54, 1.807) is 24.3 Å². The molecule has 0 aliphatic carbocycles. The summed E-state index contributed by atoms with van der Waals surface area (Å²) in [5.74, 6) is -0.248. The van der Waals surface area contributed by atoms with Gasteiger partial charge in [0.15, 0.2) is 0 Å². The third-order valence-corrected chi connectivity index (χ3v) is 3.70. The van der Waals surface area contributed by atoms with Crippen LogP contribution in [0.4, 0.5) is 11.4 Å². The van der Waals surface area contributed by atoms with Gasteiger partial charge in [-0.3, -0.25) is 9.52 Å². The highest BCUT2D eigenvalue weighted by atomic mass is 32.2. The van der Waals surface area contributed by atoms with Crippen LogP contribution in [-0.2, 0) is 19.6 Å². The van der Waals surface area contributed by atoms with Crippen LogP contribution < -0.4 is 15.8 Å². The molecule has 0 bridgehead atoms. The molecule has 0 radical (unpaired) electrons. The lowest BCUT2D eigenvalue weighted by Crippen LogP contribution is -2.29. The van der Waals surface area contributed by atoms with Crippen LogP contribution in [0.3, 0.4) is 0 Å². The van der Waals surface area contributed by atoms with Gasteiger partial charge in [0.05, 0.1) is 18.0 Å². The summed E-state index contributed by atoms with van der Waals surface area (Å²) >= 11 is 0. The maximum absolute atomic E-state index is 12.1. The summed E-state index contributed by atoms with van der Waals surface area (Å²) in [7, 11) is -3.35. The molecule has 2 rings (SSSR count). The molecule has 2 atom stereocenters. The van der Waals surface area contributed by atoms with E-state index in [4.69, 9.17) is 10.5 Å². The van der Waals surface area contributed by atoms with Crippen LogP contribution in [0, 0.1) is 0 Å². The number of amides is 1. The van der Waals surface area contributed by atoms with Gasteiger partial charge in [0.1, 0.15) is 6.10 Å². The number of hydrogen-bond acceptors (Lipinski definition) is 5. The van der Waals surface area contributed by atoms with Gasteiger partial charge in [-0.2, -0.15) is 0 Å². The molecule has 116 valence electrons. The average molecular weight is 313 g/mol. The van der Waals surface area contributed by atoms with E-state index in [-0.39, 0.29) is 12.0 Å². The highest BCUT2D eigenvalue weighted by Crippen LogP contribution is 2.21. The summed E-state index contributed by atoms with van der Waals surface area (Å²) in [6, 6.07) is 6.49. The van der Waals surface area contributed by atoms with Crippen molar-refractivity contribution >= 4 is 27.3 Å². The third kappa shape index (κ3) is 4.69. The lowest BCUT2D eigenvalue weighted by molar-refractivity contribution is -0.126. The van der Waals surface area contributed by atoms with Crippen molar-refractivity contribution in [2.75, 3.05) is 22.8 Å². The summed E-state index contributed by atoms with van der Waals surface area (Å²) in [4.78, 5) is 12.1. The van der Waals surface area contributed by atoms with Crippen molar-refractivity contribution in [1.82, 2.24) is 0 Å². The van der Waals surface area contributed by atoms with Gasteiger partial charge in [-0.15, -0.1) is 0 Å². The normalized spacial score (nSPS) is 22.0. The lowest BCUT2D eigenvalue weighted by atomic mass is 10.2. The summed E-state index contributed by atoms with van der Waals surface area (Å²) in [6.07, 6.45) is 1.89. The molecule has 0 unspecified atom stereocenters. The molecule has 4 N–H and O–H groups in total. The van der Waals surface area contributed by atoms with Gasteiger partial charge in [0.25, 0.3) is 5.91 Å². The monoisotopic (exact) mass is 313 g/mol. The van der Waals surface area contributed by atoms with Crippen LogP contribution in [0.5, 0.6) is 0 Å². The second-order valence-electron chi connectivity index (χ2n) is 5.00. The number of anilines is 2. The van der Waals surface area contributed by atoms with Crippen molar-refractivity contribution < 1.29 is 17.9 Å². The molecular formula is C13H19N3O4S. The Balaban J connectivity index is 2.00. The maximum Gasteiger partial charge on any atom is 0.253 e. The van der Waals surface area contributed by atoms with Gasteiger partial charge in [-0.1, -0.05) is 6.07 Å². The van der Waals surface area contributed by atoms with Crippen molar-refractivity contribution in [2.45, 2.75) is 25.0 Å². The topological polar surface area (TPSA) is 111 Å². The number of carbonyl (C=O) groups is 1. The highest BCUT2D eigenvalue weighted by Gasteiger charge is 2.29. The van der Waals surface area contributed by atoms with E-state index < -0.39 is 16.1 Å². The molecule has 1 amide bonds. The van der Waals surface area contributed by atoms with Crippen LogP contribution in [0.25, 0.3) is 0 Å². The zero-order valence-electron chi connectivity index (χ0n) is 11.7. The Labute approximate surface area is 123 Å². The Morgan fingerprint density at radius 3 is 2.71 bits per heavy atom. The van der Waals surface area contributed by atoms with Crippen LogP contribution in [0.15, 0.2) is 24.3 Å². The molecule has 0 saturated carbocycles. The quantitative estimate of drug-likeness (QED) is 0.733. The first-order chi connectivity index (χ1) is 9.87. The zero-order valence-corrected chi connectivity index (χ0v) is 12.5. The van der Waals surface area contributed by atoms with Gasteiger partial charge in [0.2, 0.25) is 10.0 Å². The Morgan fingerprint density at radius 2 is 2.10 bits per heavy atom. The maximum atomic E-state index is 12.1. The van der Waals surface area contributed by atoms with E-state index in [0.717, 1.165) is 12.7 Å². The van der Waals surface area contributed by atoms with Crippen LogP contribution >= 0.6 is 0 Å². The minimum Gasteiger partial charge on any atom is -0.364 e. The van der Waals surface area contributed by atoms with Crippen LogP contribution in [-0.4, -0.2) is 39.3 Å². The van der Waals surface area contributed by atoms with Gasteiger partial charge in [-0.25, -0.2) is 8.42 Å². The van der Waals surface area contributed by atoms with Crippen molar-refractivity contribution in [3.05, 3.63) is 24.3 Å². The Morgan fingerprint density at radius 1 is 1.38 bits per heavy atom. The smallest absolute Gasteiger partial charge is 0.253 e. The number of nitrogens with two attached hydrogens (primary N) is 1. The number of benzene rings is 1. The third-order valence-electron chi connectivity index (χ3n) is 3.10.